The highest BCUT2D eigenvalue weighted by Crippen LogP contribution is 2.35. The Hall–Kier alpha value is -3.95. The van der Waals surface area contributed by atoms with Gasteiger partial charge < -0.3 is 28.9 Å². The van der Waals surface area contributed by atoms with Crippen LogP contribution in [0, 0.1) is 0 Å². The lowest BCUT2D eigenvalue weighted by Crippen LogP contribution is -2.38. The van der Waals surface area contributed by atoms with Gasteiger partial charge in [0.2, 0.25) is 0 Å². The first-order valence-electron chi connectivity index (χ1n) is 15.3. The summed E-state index contributed by atoms with van der Waals surface area (Å²) in [6.07, 6.45) is 0.795. The van der Waals surface area contributed by atoms with Crippen LogP contribution < -0.4 is 14.4 Å². The van der Waals surface area contributed by atoms with Crippen LogP contribution in [0.3, 0.4) is 0 Å². The van der Waals surface area contributed by atoms with Gasteiger partial charge in [-0.2, -0.15) is 0 Å². The summed E-state index contributed by atoms with van der Waals surface area (Å²) < 4.78 is 16.8. The van der Waals surface area contributed by atoms with Crippen molar-refractivity contribution in [3.63, 3.8) is 0 Å². The summed E-state index contributed by atoms with van der Waals surface area (Å²) in [7, 11) is 5.22. The largest absolute Gasteiger partial charge is 0.497 e. The third kappa shape index (κ3) is 7.95. The minimum atomic E-state index is -0.0973. The van der Waals surface area contributed by atoms with Crippen LogP contribution in [0.5, 0.6) is 11.5 Å². The third-order valence-corrected chi connectivity index (χ3v) is 7.70. The fourth-order valence-electron chi connectivity index (χ4n) is 5.46. The predicted molar refractivity (Wildman–Crippen MR) is 174 cm³/mol. The second kappa shape index (κ2) is 15.2. The maximum absolute atomic E-state index is 14.4. The highest BCUT2D eigenvalue weighted by molar-refractivity contribution is 5.97. The molecule has 2 aromatic carbocycles. The molecule has 44 heavy (non-hydrogen) atoms. The number of carbonyl (C=O) groups is 2. The average molecular weight is 603 g/mol. The molecule has 236 valence electrons. The number of para-hydroxylation sites is 1. The lowest BCUT2D eigenvalue weighted by molar-refractivity contribution is -0.122. The summed E-state index contributed by atoms with van der Waals surface area (Å²) in [6, 6.07) is 17.3. The van der Waals surface area contributed by atoms with E-state index in [2.05, 4.69) is 25.8 Å². The number of benzene rings is 2. The molecule has 0 unspecified atom stereocenters. The Balaban J connectivity index is 1.75. The Morgan fingerprint density at radius 2 is 1.70 bits per heavy atom. The van der Waals surface area contributed by atoms with Gasteiger partial charge in [0, 0.05) is 44.5 Å². The molecule has 1 aliphatic heterocycles. The Morgan fingerprint density at radius 1 is 0.932 bits per heavy atom. The number of carbonyl (C=O) groups excluding carboxylic acids is 2. The van der Waals surface area contributed by atoms with Crippen LogP contribution >= 0.6 is 0 Å². The molecule has 2 amide bonds. The van der Waals surface area contributed by atoms with Crippen LogP contribution in [0.15, 0.2) is 54.6 Å². The highest BCUT2D eigenvalue weighted by atomic mass is 16.5. The maximum atomic E-state index is 14.4. The van der Waals surface area contributed by atoms with Crippen molar-refractivity contribution in [3.8, 4) is 22.8 Å². The monoisotopic (exact) mass is 602 g/mol. The van der Waals surface area contributed by atoms with Crippen LogP contribution in [0.25, 0.3) is 11.3 Å². The number of methoxy groups -OCH3 is 2. The molecule has 0 radical (unpaired) electrons. The molecule has 9 nitrogen and oxygen atoms in total. The molecule has 0 N–H and O–H groups in total. The number of nitrogens with zero attached hydrogens (tertiary/aromatic N) is 4. The highest BCUT2D eigenvalue weighted by Gasteiger charge is 2.26. The minimum Gasteiger partial charge on any atom is -0.497 e. The molecule has 2 heterocycles. The summed E-state index contributed by atoms with van der Waals surface area (Å²) in [6.45, 7) is 11.1. The number of likely N-dealkylation sites (N-methyl/N-ethyl adjacent to an activating group) is 1. The van der Waals surface area contributed by atoms with E-state index in [1.165, 1.54) is 7.11 Å². The first-order valence-corrected chi connectivity index (χ1v) is 15.3. The van der Waals surface area contributed by atoms with Gasteiger partial charge in [-0.05, 0) is 81.7 Å². The van der Waals surface area contributed by atoms with E-state index < -0.39 is 0 Å². The van der Waals surface area contributed by atoms with E-state index in [0.717, 1.165) is 41.2 Å². The minimum absolute atomic E-state index is 0.000202. The first-order chi connectivity index (χ1) is 21.1. The number of hydrogen-bond acceptors (Lipinski definition) is 7. The number of ether oxygens (including phenoxy) is 3. The molecular weight excluding hydrogens is 556 g/mol. The zero-order valence-corrected chi connectivity index (χ0v) is 27.1. The quantitative estimate of drug-likeness (QED) is 0.331. The SMILES string of the molecule is COCC(=O)N1CCCN(C)CCN(C(=O)c2ccc(-c3cc(OC)ccc3OC(C)C)nc2C(C)C)Cc2ccccc21. The molecule has 0 atom stereocenters. The van der Waals surface area contributed by atoms with Crippen molar-refractivity contribution in [3.05, 3.63) is 71.4 Å². The van der Waals surface area contributed by atoms with E-state index >= 15 is 0 Å². The summed E-state index contributed by atoms with van der Waals surface area (Å²) in [4.78, 5) is 38.4. The van der Waals surface area contributed by atoms with Crippen molar-refractivity contribution >= 4 is 17.5 Å². The Kier molecular flexibility index (Phi) is 11.4. The molecule has 0 saturated heterocycles. The number of rotatable bonds is 8. The van der Waals surface area contributed by atoms with E-state index in [4.69, 9.17) is 19.2 Å². The molecule has 1 aromatic heterocycles. The van der Waals surface area contributed by atoms with Crippen molar-refractivity contribution in [2.24, 2.45) is 0 Å². The van der Waals surface area contributed by atoms with Crippen molar-refractivity contribution < 1.29 is 23.8 Å². The molecular formula is C35H46N4O5. The molecule has 1 aliphatic rings. The smallest absolute Gasteiger partial charge is 0.256 e. The Labute approximate surface area is 261 Å². The van der Waals surface area contributed by atoms with Crippen molar-refractivity contribution in [1.29, 1.82) is 0 Å². The van der Waals surface area contributed by atoms with Gasteiger partial charge in [-0.15, -0.1) is 0 Å². The lowest BCUT2D eigenvalue weighted by atomic mass is 9.99. The predicted octanol–water partition coefficient (Wildman–Crippen LogP) is 5.63. The van der Waals surface area contributed by atoms with Gasteiger partial charge in [-0.1, -0.05) is 32.0 Å². The second-order valence-electron chi connectivity index (χ2n) is 11.8. The number of aromatic nitrogens is 1. The van der Waals surface area contributed by atoms with Crippen LogP contribution in [0.1, 0.15) is 61.6 Å². The fourth-order valence-corrected chi connectivity index (χ4v) is 5.46. The van der Waals surface area contributed by atoms with Crippen LogP contribution in [-0.4, -0.2) is 86.8 Å². The molecule has 9 heteroatoms. The normalized spacial score (nSPS) is 14.8. The number of pyridine rings is 1. The van der Waals surface area contributed by atoms with E-state index in [1.807, 2.05) is 73.3 Å². The van der Waals surface area contributed by atoms with Gasteiger partial charge in [0.25, 0.3) is 11.8 Å². The topological polar surface area (TPSA) is 84.4 Å². The van der Waals surface area contributed by atoms with Crippen LogP contribution in [0.2, 0.25) is 0 Å². The number of anilines is 1. The van der Waals surface area contributed by atoms with E-state index in [-0.39, 0.29) is 30.4 Å². The molecule has 0 spiro atoms. The van der Waals surface area contributed by atoms with Crippen molar-refractivity contribution in [2.45, 2.75) is 52.7 Å². The van der Waals surface area contributed by atoms with Gasteiger partial charge in [0.05, 0.1) is 30.2 Å². The van der Waals surface area contributed by atoms with E-state index in [0.29, 0.717) is 43.2 Å². The lowest BCUT2D eigenvalue weighted by Gasteiger charge is -2.28. The molecule has 4 rings (SSSR count). The standard InChI is InChI=1S/C35H46N4O5/c1-24(2)34-28(14-15-30(36-34)29-21-27(43-7)13-16-32(29)44-25(3)4)35(41)38-20-19-37(5)17-10-18-39(33(40)23-42-6)31-12-9-8-11-26(31)22-38/h8-9,11-16,21,24-25H,10,17-20,22-23H2,1-7H3. The Morgan fingerprint density at radius 3 is 2.41 bits per heavy atom. The number of amides is 2. The average Bonchev–Trinajstić information content (AvgIpc) is 3.04. The molecule has 0 saturated carbocycles. The summed E-state index contributed by atoms with van der Waals surface area (Å²) in [5, 5.41) is 0. The summed E-state index contributed by atoms with van der Waals surface area (Å²) in [5.41, 5.74) is 4.54. The van der Waals surface area contributed by atoms with Crippen molar-refractivity contribution in [1.82, 2.24) is 14.8 Å². The third-order valence-electron chi connectivity index (χ3n) is 7.70. The molecule has 0 bridgehead atoms. The first kappa shape index (κ1) is 33.0. The van der Waals surface area contributed by atoms with Gasteiger partial charge in [-0.25, -0.2) is 0 Å². The second-order valence-corrected chi connectivity index (χ2v) is 11.8. The van der Waals surface area contributed by atoms with Crippen LogP contribution in [0.4, 0.5) is 5.69 Å². The van der Waals surface area contributed by atoms with Gasteiger partial charge in [0.15, 0.2) is 0 Å². The van der Waals surface area contributed by atoms with Crippen molar-refractivity contribution in [2.75, 3.05) is 59.0 Å². The number of hydrogen-bond donors (Lipinski definition) is 0. The summed E-state index contributed by atoms with van der Waals surface area (Å²) >= 11 is 0. The van der Waals surface area contributed by atoms with Gasteiger partial charge in [-0.3, -0.25) is 14.6 Å². The number of fused-ring (bicyclic) bond motifs is 1. The Bertz CT molecular complexity index is 1440. The van der Waals surface area contributed by atoms with E-state index in [1.54, 1.807) is 12.0 Å². The van der Waals surface area contributed by atoms with Gasteiger partial charge in [0.1, 0.15) is 18.1 Å². The fraction of sp³-hybridized carbons (Fsp3) is 0.457. The molecule has 0 aliphatic carbocycles. The molecule has 3 aromatic rings. The van der Waals surface area contributed by atoms with Gasteiger partial charge >= 0.3 is 0 Å². The zero-order valence-electron chi connectivity index (χ0n) is 27.1. The summed E-state index contributed by atoms with van der Waals surface area (Å²) in [5.74, 6) is 1.22. The van der Waals surface area contributed by atoms with Crippen LogP contribution in [-0.2, 0) is 16.1 Å². The molecule has 0 fully saturated rings. The van der Waals surface area contributed by atoms with E-state index in [9.17, 15) is 9.59 Å². The zero-order chi connectivity index (χ0) is 31.8. The maximum Gasteiger partial charge on any atom is 0.256 e.